The van der Waals surface area contributed by atoms with Crippen LogP contribution in [0.5, 0.6) is 0 Å². The number of hydrogen-bond acceptors (Lipinski definition) is 5. The predicted molar refractivity (Wildman–Crippen MR) is 103 cm³/mol. The molecule has 1 aliphatic heterocycles. The molecule has 0 aliphatic carbocycles. The van der Waals surface area contributed by atoms with Gasteiger partial charge in [-0.05, 0) is 42.5 Å². The maximum absolute atomic E-state index is 12.7. The molecule has 1 fully saturated rings. The highest BCUT2D eigenvalue weighted by molar-refractivity contribution is 7.89. The first-order chi connectivity index (χ1) is 13.0. The summed E-state index contributed by atoms with van der Waals surface area (Å²) in [6, 6.07) is 9.54. The Labute approximate surface area is 162 Å². The van der Waals surface area contributed by atoms with E-state index in [0.29, 0.717) is 13.1 Å². The standard InChI is InChI=1S/C18H21N3O4S2/c22-17(13-15-7-5-11-26-15)19-20-18(23)14-6-4-8-16(12-14)27(24,25)21-9-2-1-3-10-21/h4-8,11-12H,1-3,9-10,13H2,(H,19,22)(H,20,23). The molecule has 27 heavy (non-hydrogen) atoms. The van der Waals surface area contributed by atoms with E-state index in [9.17, 15) is 18.0 Å². The van der Waals surface area contributed by atoms with E-state index in [-0.39, 0.29) is 22.8 Å². The number of hydrogen-bond donors (Lipinski definition) is 2. The Hall–Kier alpha value is -2.23. The van der Waals surface area contributed by atoms with Gasteiger partial charge in [-0.1, -0.05) is 18.6 Å². The summed E-state index contributed by atoms with van der Waals surface area (Å²) in [5.74, 6) is -0.909. The number of sulfonamides is 1. The van der Waals surface area contributed by atoms with Crippen LogP contribution in [0.3, 0.4) is 0 Å². The molecule has 2 heterocycles. The van der Waals surface area contributed by atoms with Crippen LogP contribution < -0.4 is 10.9 Å². The zero-order chi connectivity index (χ0) is 19.3. The normalized spacial score (nSPS) is 15.3. The van der Waals surface area contributed by atoms with Crippen LogP contribution in [0.15, 0.2) is 46.7 Å². The molecular weight excluding hydrogens is 386 g/mol. The molecule has 2 N–H and O–H groups in total. The highest BCUT2D eigenvalue weighted by Gasteiger charge is 2.26. The van der Waals surface area contributed by atoms with Crippen LogP contribution in [0.1, 0.15) is 34.5 Å². The molecule has 0 radical (unpaired) electrons. The summed E-state index contributed by atoms with van der Waals surface area (Å²) in [5.41, 5.74) is 4.85. The Kier molecular flexibility index (Phi) is 6.25. The number of carbonyl (C=O) groups is 2. The first kappa shape index (κ1) is 19.5. The van der Waals surface area contributed by atoms with Crippen LogP contribution in [0.25, 0.3) is 0 Å². The zero-order valence-corrected chi connectivity index (χ0v) is 16.3. The number of carbonyl (C=O) groups excluding carboxylic acids is 2. The lowest BCUT2D eigenvalue weighted by molar-refractivity contribution is -0.121. The van der Waals surface area contributed by atoms with Crippen molar-refractivity contribution in [2.75, 3.05) is 13.1 Å². The molecule has 1 aromatic carbocycles. The van der Waals surface area contributed by atoms with Crippen LogP contribution in [-0.4, -0.2) is 37.6 Å². The van der Waals surface area contributed by atoms with Crippen molar-refractivity contribution in [1.82, 2.24) is 15.2 Å². The maximum atomic E-state index is 12.7. The van der Waals surface area contributed by atoms with E-state index >= 15 is 0 Å². The summed E-state index contributed by atoms with van der Waals surface area (Å²) >= 11 is 1.46. The second-order valence-corrected chi connectivity index (χ2v) is 9.22. The van der Waals surface area contributed by atoms with Crippen molar-refractivity contribution in [2.45, 2.75) is 30.6 Å². The van der Waals surface area contributed by atoms with Crippen LogP contribution in [-0.2, 0) is 21.2 Å². The fourth-order valence-electron chi connectivity index (χ4n) is 2.87. The Balaban J connectivity index is 1.64. The molecule has 7 nitrogen and oxygen atoms in total. The molecule has 0 saturated carbocycles. The zero-order valence-electron chi connectivity index (χ0n) is 14.7. The fourth-order valence-corrected chi connectivity index (χ4v) is 5.13. The van der Waals surface area contributed by atoms with Crippen molar-refractivity contribution in [3.8, 4) is 0 Å². The largest absolute Gasteiger partial charge is 0.273 e. The molecule has 0 atom stereocenters. The quantitative estimate of drug-likeness (QED) is 0.741. The predicted octanol–water partition coefficient (Wildman–Crippen LogP) is 1.93. The van der Waals surface area contributed by atoms with Crippen LogP contribution >= 0.6 is 11.3 Å². The summed E-state index contributed by atoms with van der Waals surface area (Å²) in [5, 5.41) is 1.87. The molecular formula is C18H21N3O4S2. The molecule has 0 unspecified atom stereocenters. The Morgan fingerprint density at radius 1 is 1.04 bits per heavy atom. The number of amides is 2. The first-order valence-electron chi connectivity index (χ1n) is 8.68. The van der Waals surface area contributed by atoms with Gasteiger partial charge in [0.15, 0.2) is 0 Å². The number of nitrogens with one attached hydrogen (secondary N) is 2. The van der Waals surface area contributed by atoms with Gasteiger partial charge in [0.1, 0.15) is 0 Å². The monoisotopic (exact) mass is 407 g/mol. The van der Waals surface area contributed by atoms with E-state index in [2.05, 4.69) is 10.9 Å². The Bertz CT molecular complexity index is 904. The topological polar surface area (TPSA) is 95.6 Å². The summed E-state index contributed by atoms with van der Waals surface area (Å²) in [7, 11) is -3.62. The lowest BCUT2D eigenvalue weighted by Crippen LogP contribution is -2.42. The van der Waals surface area contributed by atoms with E-state index in [0.717, 1.165) is 24.1 Å². The van der Waals surface area contributed by atoms with E-state index in [1.54, 1.807) is 0 Å². The Morgan fingerprint density at radius 3 is 2.52 bits per heavy atom. The van der Waals surface area contributed by atoms with Gasteiger partial charge in [-0.15, -0.1) is 11.3 Å². The highest BCUT2D eigenvalue weighted by atomic mass is 32.2. The smallest absolute Gasteiger partial charge is 0.269 e. The molecule has 1 aromatic heterocycles. The SMILES string of the molecule is O=C(Cc1cccs1)NNC(=O)c1cccc(S(=O)(=O)N2CCCCC2)c1. The Morgan fingerprint density at radius 2 is 1.81 bits per heavy atom. The van der Waals surface area contributed by atoms with E-state index in [1.807, 2.05) is 17.5 Å². The third-order valence-corrected chi connectivity index (χ3v) is 7.05. The lowest BCUT2D eigenvalue weighted by atomic mass is 10.2. The molecule has 9 heteroatoms. The number of benzene rings is 1. The second-order valence-electron chi connectivity index (χ2n) is 6.25. The molecule has 1 aliphatic rings. The van der Waals surface area contributed by atoms with Gasteiger partial charge in [-0.3, -0.25) is 20.4 Å². The summed E-state index contributed by atoms with van der Waals surface area (Å²) in [6.07, 6.45) is 2.88. The van der Waals surface area contributed by atoms with Gasteiger partial charge in [0.05, 0.1) is 11.3 Å². The maximum Gasteiger partial charge on any atom is 0.269 e. The van der Waals surface area contributed by atoms with E-state index in [4.69, 9.17) is 0 Å². The van der Waals surface area contributed by atoms with Crippen LogP contribution in [0, 0.1) is 0 Å². The average molecular weight is 408 g/mol. The first-order valence-corrected chi connectivity index (χ1v) is 11.0. The average Bonchev–Trinajstić information content (AvgIpc) is 3.20. The number of nitrogens with zero attached hydrogens (tertiary/aromatic N) is 1. The van der Waals surface area contributed by atoms with Gasteiger partial charge < -0.3 is 0 Å². The van der Waals surface area contributed by atoms with Gasteiger partial charge in [-0.25, -0.2) is 8.42 Å². The minimum absolute atomic E-state index is 0.0852. The summed E-state index contributed by atoms with van der Waals surface area (Å²) < 4.78 is 26.9. The van der Waals surface area contributed by atoms with Crippen molar-refractivity contribution in [1.29, 1.82) is 0 Å². The van der Waals surface area contributed by atoms with E-state index < -0.39 is 15.9 Å². The second kappa shape index (κ2) is 8.64. The van der Waals surface area contributed by atoms with Gasteiger partial charge >= 0.3 is 0 Å². The third kappa shape index (κ3) is 4.94. The molecule has 0 bridgehead atoms. The minimum atomic E-state index is -3.62. The highest BCUT2D eigenvalue weighted by Crippen LogP contribution is 2.21. The van der Waals surface area contributed by atoms with Crippen molar-refractivity contribution >= 4 is 33.2 Å². The molecule has 144 valence electrons. The van der Waals surface area contributed by atoms with Gasteiger partial charge in [0, 0.05) is 23.5 Å². The van der Waals surface area contributed by atoms with Gasteiger partial charge in [0.25, 0.3) is 5.91 Å². The number of rotatable bonds is 5. The van der Waals surface area contributed by atoms with Crippen molar-refractivity contribution < 1.29 is 18.0 Å². The molecule has 2 aromatic rings. The van der Waals surface area contributed by atoms with Crippen molar-refractivity contribution in [2.24, 2.45) is 0 Å². The lowest BCUT2D eigenvalue weighted by Gasteiger charge is -2.26. The molecule has 2 amide bonds. The number of hydrazine groups is 1. The summed E-state index contributed by atoms with van der Waals surface area (Å²) in [4.78, 5) is 25.1. The van der Waals surface area contributed by atoms with Gasteiger partial charge in [-0.2, -0.15) is 4.31 Å². The molecule has 1 saturated heterocycles. The third-order valence-electron chi connectivity index (χ3n) is 4.28. The number of piperidine rings is 1. The number of thiophene rings is 1. The van der Waals surface area contributed by atoms with Crippen LogP contribution in [0.4, 0.5) is 0 Å². The van der Waals surface area contributed by atoms with Crippen molar-refractivity contribution in [3.63, 3.8) is 0 Å². The fraction of sp³-hybridized carbons (Fsp3) is 0.333. The van der Waals surface area contributed by atoms with Gasteiger partial charge in [0.2, 0.25) is 15.9 Å². The van der Waals surface area contributed by atoms with Crippen molar-refractivity contribution in [3.05, 3.63) is 52.2 Å². The van der Waals surface area contributed by atoms with Crippen LogP contribution in [0.2, 0.25) is 0 Å². The molecule has 3 rings (SSSR count). The summed E-state index contributed by atoms with van der Waals surface area (Å²) in [6.45, 7) is 0.995. The molecule has 0 spiro atoms. The minimum Gasteiger partial charge on any atom is -0.273 e. The van der Waals surface area contributed by atoms with E-state index in [1.165, 1.54) is 39.9 Å².